The van der Waals surface area contributed by atoms with Crippen LogP contribution in [0.15, 0.2) is 42.5 Å². The third-order valence-electron chi connectivity index (χ3n) is 4.26. The Balaban J connectivity index is 1.81. The van der Waals surface area contributed by atoms with E-state index in [9.17, 15) is 4.79 Å². The van der Waals surface area contributed by atoms with E-state index in [1.807, 2.05) is 38.1 Å². The van der Waals surface area contributed by atoms with Crippen molar-refractivity contribution in [3.05, 3.63) is 70.1 Å². The van der Waals surface area contributed by atoms with Gasteiger partial charge in [0.05, 0.1) is 12.1 Å². The molecule has 0 unspecified atom stereocenters. The molecule has 6 nitrogen and oxygen atoms in total. The van der Waals surface area contributed by atoms with E-state index in [0.29, 0.717) is 22.4 Å². The molecule has 2 N–H and O–H groups in total. The lowest BCUT2D eigenvalue weighted by molar-refractivity contribution is 0.102. The van der Waals surface area contributed by atoms with Gasteiger partial charge in [-0.1, -0.05) is 17.7 Å². The highest BCUT2D eigenvalue weighted by atomic mass is 35.5. The number of methoxy groups -OCH3 is 1. The molecule has 0 atom stereocenters. The van der Waals surface area contributed by atoms with E-state index < -0.39 is 0 Å². The summed E-state index contributed by atoms with van der Waals surface area (Å²) in [7, 11) is 1.56. The molecule has 0 spiro atoms. The van der Waals surface area contributed by atoms with Crippen LogP contribution in [-0.4, -0.2) is 23.0 Å². The molecule has 0 fully saturated rings. The number of benzene rings is 2. The zero-order chi connectivity index (χ0) is 20.3. The number of nitrogens with zero attached hydrogens (tertiary/aromatic N) is 2. The van der Waals surface area contributed by atoms with E-state index in [1.54, 1.807) is 32.2 Å². The Kier molecular flexibility index (Phi) is 5.80. The SMILES string of the molecule is COc1ccc(Nc2cc(C(=O)Nc3ccc(C)c(C)c3)nc(C)n2)cc1Cl. The molecule has 0 aliphatic rings. The van der Waals surface area contributed by atoms with Gasteiger partial charge in [0.25, 0.3) is 5.91 Å². The number of halogens is 1. The minimum atomic E-state index is -0.301. The van der Waals surface area contributed by atoms with Gasteiger partial charge in [0, 0.05) is 17.4 Å². The fraction of sp³-hybridized carbons (Fsp3) is 0.190. The van der Waals surface area contributed by atoms with Gasteiger partial charge in [-0.15, -0.1) is 0 Å². The Morgan fingerprint density at radius 3 is 2.39 bits per heavy atom. The van der Waals surface area contributed by atoms with Gasteiger partial charge in [-0.3, -0.25) is 4.79 Å². The average Bonchev–Trinajstić information content (AvgIpc) is 2.64. The van der Waals surface area contributed by atoms with Crippen molar-refractivity contribution in [1.82, 2.24) is 9.97 Å². The molecular weight excluding hydrogens is 376 g/mol. The van der Waals surface area contributed by atoms with Crippen LogP contribution in [0.5, 0.6) is 5.75 Å². The van der Waals surface area contributed by atoms with Gasteiger partial charge in [0.1, 0.15) is 23.1 Å². The van der Waals surface area contributed by atoms with E-state index in [2.05, 4.69) is 20.6 Å². The van der Waals surface area contributed by atoms with E-state index >= 15 is 0 Å². The molecule has 0 radical (unpaired) electrons. The summed E-state index contributed by atoms with van der Waals surface area (Å²) in [6.07, 6.45) is 0. The Bertz CT molecular complexity index is 1040. The normalized spacial score (nSPS) is 10.5. The van der Waals surface area contributed by atoms with Gasteiger partial charge in [0.15, 0.2) is 0 Å². The van der Waals surface area contributed by atoms with Crippen LogP contribution < -0.4 is 15.4 Å². The molecule has 2 aromatic carbocycles. The zero-order valence-corrected chi connectivity index (χ0v) is 16.9. The third kappa shape index (κ3) is 4.58. The van der Waals surface area contributed by atoms with Gasteiger partial charge < -0.3 is 15.4 Å². The number of anilines is 3. The standard InChI is InChI=1S/C21H21ClN4O2/c1-12-5-6-15(9-13(12)2)26-21(27)18-11-20(24-14(3)23-18)25-16-7-8-19(28-4)17(22)10-16/h5-11H,1-4H3,(H,26,27)(H,23,24,25). The summed E-state index contributed by atoms with van der Waals surface area (Å²) in [5.74, 6) is 1.26. The highest BCUT2D eigenvalue weighted by Gasteiger charge is 2.12. The number of carbonyl (C=O) groups excluding carboxylic acids is 1. The Hall–Kier alpha value is -3.12. The predicted molar refractivity (Wildman–Crippen MR) is 112 cm³/mol. The van der Waals surface area contributed by atoms with Crippen molar-refractivity contribution >= 4 is 34.7 Å². The second-order valence-corrected chi connectivity index (χ2v) is 6.82. The van der Waals surface area contributed by atoms with Crippen LogP contribution in [-0.2, 0) is 0 Å². The molecule has 3 aromatic rings. The van der Waals surface area contributed by atoms with Crippen molar-refractivity contribution in [3.8, 4) is 5.75 Å². The number of rotatable bonds is 5. The summed E-state index contributed by atoms with van der Waals surface area (Å²) >= 11 is 6.16. The summed E-state index contributed by atoms with van der Waals surface area (Å²) in [6.45, 7) is 5.76. The summed E-state index contributed by atoms with van der Waals surface area (Å²) in [5, 5.41) is 6.49. The molecule has 7 heteroatoms. The number of amides is 1. The first-order valence-corrected chi connectivity index (χ1v) is 9.08. The lowest BCUT2D eigenvalue weighted by Gasteiger charge is -2.11. The first kappa shape index (κ1) is 19.6. The Morgan fingerprint density at radius 2 is 1.71 bits per heavy atom. The number of hydrogen-bond donors (Lipinski definition) is 2. The first-order chi connectivity index (χ1) is 13.4. The molecule has 0 saturated heterocycles. The molecule has 28 heavy (non-hydrogen) atoms. The van der Waals surface area contributed by atoms with Crippen molar-refractivity contribution in [3.63, 3.8) is 0 Å². The highest BCUT2D eigenvalue weighted by molar-refractivity contribution is 6.32. The van der Waals surface area contributed by atoms with Gasteiger partial charge in [-0.05, 0) is 62.2 Å². The lowest BCUT2D eigenvalue weighted by atomic mass is 10.1. The van der Waals surface area contributed by atoms with E-state index in [-0.39, 0.29) is 11.6 Å². The van der Waals surface area contributed by atoms with Crippen LogP contribution in [0.3, 0.4) is 0 Å². The van der Waals surface area contributed by atoms with Crippen LogP contribution >= 0.6 is 11.6 Å². The minimum absolute atomic E-state index is 0.271. The topological polar surface area (TPSA) is 76.1 Å². The average molecular weight is 397 g/mol. The van der Waals surface area contributed by atoms with Crippen molar-refractivity contribution in [2.24, 2.45) is 0 Å². The van der Waals surface area contributed by atoms with Gasteiger partial charge in [-0.25, -0.2) is 9.97 Å². The monoisotopic (exact) mass is 396 g/mol. The smallest absolute Gasteiger partial charge is 0.274 e. The molecule has 0 bridgehead atoms. The first-order valence-electron chi connectivity index (χ1n) is 8.70. The Morgan fingerprint density at radius 1 is 0.964 bits per heavy atom. The fourth-order valence-electron chi connectivity index (χ4n) is 2.65. The summed E-state index contributed by atoms with van der Waals surface area (Å²) in [4.78, 5) is 21.2. The number of nitrogens with one attached hydrogen (secondary N) is 2. The maximum absolute atomic E-state index is 12.6. The van der Waals surface area contributed by atoms with Crippen LogP contribution in [0.2, 0.25) is 5.02 Å². The van der Waals surface area contributed by atoms with Gasteiger partial charge in [-0.2, -0.15) is 0 Å². The maximum Gasteiger partial charge on any atom is 0.274 e. The molecule has 1 amide bonds. The van der Waals surface area contributed by atoms with Crippen LogP contribution in [0.25, 0.3) is 0 Å². The van der Waals surface area contributed by atoms with Gasteiger partial charge >= 0.3 is 0 Å². The third-order valence-corrected chi connectivity index (χ3v) is 4.55. The number of aromatic nitrogens is 2. The molecule has 3 rings (SSSR count). The Labute approximate surface area is 168 Å². The summed E-state index contributed by atoms with van der Waals surface area (Å²) in [5.41, 5.74) is 3.99. The second-order valence-electron chi connectivity index (χ2n) is 6.41. The molecule has 144 valence electrons. The molecular formula is C21H21ClN4O2. The number of ether oxygens (including phenoxy) is 1. The van der Waals surface area contributed by atoms with Gasteiger partial charge in [0.2, 0.25) is 0 Å². The quantitative estimate of drug-likeness (QED) is 0.630. The molecule has 0 aliphatic carbocycles. The zero-order valence-electron chi connectivity index (χ0n) is 16.1. The minimum Gasteiger partial charge on any atom is -0.495 e. The molecule has 1 heterocycles. The number of carbonyl (C=O) groups is 1. The van der Waals surface area contributed by atoms with Crippen molar-refractivity contribution in [2.45, 2.75) is 20.8 Å². The summed E-state index contributed by atoms with van der Waals surface area (Å²) in [6, 6.07) is 12.7. The summed E-state index contributed by atoms with van der Waals surface area (Å²) < 4.78 is 5.15. The molecule has 0 saturated carbocycles. The highest BCUT2D eigenvalue weighted by Crippen LogP contribution is 2.28. The van der Waals surface area contributed by atoms with Crippen LogP contribution in [0.4, 0.5) is 17.2 Å². The predicted octanol–water partition coefficient (Wildman–Crippen LogP) is 5.06. The van der Waals surface area contributed by atoms with E-state index in [4.69, 9.17) is 16.3 Å². The van der Waals surface area contributed by atoms with E-state index in [1.165, 1.54) is 5.56 Å². The molecule has 1 aromatic heterocycles. The van der Waals surface area contributed by atoms with E-state index in [0.717, 1.165) is 16.9 Å². The number of aryl methyl sites for hydroxylation is 3. The fourth-order valence-corrected chi connectivity index (χ4v) is 2.91. The maximum atomic E-state index is 12.6. The lowest BCUT2D eigenvalue weighted by Crippen LogP contribution is -2.15. The number of hydrogen-bond acceptors (Lipinski definition) is 5. The second kappa shape index (κ2) is 8.27. The van der Waals surface area contributed by atoms with Crippen LogP contribution in [0.1, 0.15) is 27.4 Å². The molecule has 0 aliphatic heterocycles. The largest absolute Gasteiger partial charge is 0.495 e. The van der Waals surface area contributed by atoms with Crippen molar-refractivity contribution in [2.75, 3.05) is 17.7 Å². The van der Waals surface area contributed by atoms with Crippen molar-refractivity contribution in [1.29, 1.82) is 0 Å². The van der Waals surface area contributed by atoms with Crippen LogP contribution in [0, 0.1) is 20.8 Å². The van der Waals surface area contributed by atoms with Crippen molar-refractivity contribution < 1.29 is 9.53 Å².